The molecule has 0 aliphatic heterocycles. The van der Waals surface area contributed by atoms with Crippen LogP contribution >= 0.6 is 11.3 Å². The Hall–Kier alpha value is -2.10. The van der Waals surface area contributed by atoms with E-state index in [0.717, 1.165) is 30.6 Å². The second-order valence-corrected chi connectivity index (χ2v) is 8.34. The highest BCUT2D eigenvalue weighted by Crippen LogP contribution is 2.36. The van der Waals surface area contributed by atoms with Gasteiger partial charge in [0.1, 0.15) is 11.9 Å². The normalized spacial score (nSPS) is 15.1. The average molecular weight is 385 g/mol. The van der Waals surface area contributed by atoms with Crippen LogP contribution in [0.5, 0.6) is 0 Å². The number of thiophene rings is 1. The third-order valence-corrected chi connectivity index (χ3v) is 6.24. The molecule has 0 saturated heterocycles. The molecular formula is C21H28N4OS. The lowest BCUT2D eigenvalue weighted by atomic mass is 9.95. The Balaban J connectivity index is 1.77. The number of nitriles is 1. The van der Waals surface area contributed by atoms with Gasteiger partial charge in [0.2, 0.25) is 5.91 Å². The van der Waals surface area contributed by atoms with Crippen molar-refractivity contribution < 1.29 is 4.79 Å². The van der Waals surface area contributed by atoms with E-state index in [1.165, 1.54) is 24.8 Å². The lowest BCUT2D eigenvalue weighted by Gasteiger charge is -2.27. The first kappa shape index (κ1) is 19.7. The lowest BCUT2D eigenvalue weighted by molar-refractivity contribution is -0.117. The zero-order chi connectivity index (χ0) is 19.4. The zero-order valence-corrected chi connectivity index (χ0v) is 17.2. The molecule has 27 heavy (non-hydrogen) atoms. The number of hydrogen-bond acceptors (Lipinski definition) is 4. The van der Waals surface area contributed by atoms with Crippen LogP contribution in [0.2, 0.25) is 0 Å². The molecule has 0 bridgehead atoms. The minimum atomic E-state index is -0.0706. The highest BCUT2D eigenvalue weighted by molar-refractivity contribution is 7.07. The number of aromatic nitrogens is 1. The van der Waals surface area contributed by atoms with Crippen molar-refractivity contribution in [2.24, 2.45) is 0 Å². The molecule has 1 N–H and O–H groups in total. The van der Waals surface area contributed by atoms with Gasteiger partial charge >= 0.3 is 0 Å². The van der Waals surface area contributed by atoms with E-state index < -0.39 is 0 Å². The predicted octanol–water partition coefficient (Wildman–Crippen LogP) is 4.61. The van der Waals surface area contributed by atoms with Crippen molar-refractivity contribution in [3.05, 3.63) is 39.2 Å². The van der Waals surface area contributed by atoms with Gasteiger partial charge in [-0.2, -0.15) is 16.6 Å². The van der Waals surface area contributed by atoms with Gasteiger partial charge in [-0.05, 0) is 61.7 Å². The van der Waals surface area contributed by atoms with Crippen LogP contribution in [0.25, 0.3) is 0 Å². The Labute approximate surface area is 165 Å². The maximum absolute atomic E-state index is 12.7. The van der Waals surface area contributed by atoms with E-state index in [0.29, 0.717) is 24.0 Å². The zero-order valence-electron chi connectivity index (χ0n) is 16.4. The molecule has 0 spiro atoms. The van der Waals surface area contributed by atoms with E-state index in [4.69, 9.17) is 0 Å². The molecular weight excluding hydrogens is 356 g/mol. The SMILES string of the molecule is Cc1c(C#N)c(NC(=O)CN(C)Cc2ccsc2)n(C2CCCCC2)c1C. The van der Waals surface area contributed by atoms with Crippen LogP contribution in [0.4, 0.5) is 5.82 Å². The number of carbonyl (C=O) groups excluding carboxylic acids is 1. The molecule has 0 unspecified atom stereocenters. The molecule has 1 aliphatic rings. The number of likely N-dealkylation sites (N-methyl/N-ethyl adjacent to an activating group) is 1. The maximum atomic E-state index is 12.7. The van der Waals surface area contributed by atoms with Crippen molar-refractivity contribution >= 4 is 23.1 Å². The van der Waals surface area contributed by atoms with Gasteiger partial charge in [-0.25, -0.2) is 0 Å². The second-order valence-electron chi connectivity index (χ2n) is 7.56. The first-order valence-corrected chi connectivity index (χ1v) is 10.6. The van der Waals surface area contributed by atoms with Crippen LogP contribution in [0.1, 0.15) is 60.5 Å². The quantitative estimate of drug-likeness (QED) is 0.791. The lowest BCUT2D eigenvalue weighted by Crippen LogP contribution is -2.31. The van der Waals surface area contributed by atoms with Crippen LogP contribution in [0, 0.1) is 25.2 Å². The molecule has 2 heterocycles. The predicted molar refractivity (Wildman–Crippen MR) is 110 cm³/mol. The fraction of sp³-hybridized carbons (Fsp3) is 0.524. The van der Waals surface area contributed by atoms with E-state index >= 15 is 0 Å². The van der Waals surface area contributed by atoms with Crippen molar-refractivity contribution in [2.45, 2.75) is 58.5 Å². The van der Waals surface area contributed by atoms with Crippen LogP contribution in [-0.2, 0) is 11.3 Å². The fourth-order valence-corrected chi connectivity index (χ4v) is 4.71. The third-order valence-electron chi connectivity index (χ3n) is 5.51. The largest absolute Gasteiger partial charge is 0.327 e. The Morgan fingerprint density at radius 2 is 2.11 bits per heavy atom. The van der Waals surface area contributed by atoms with E-state index in [1.54, 1.807) is 11.3 Å². The summed E-state index contributed by atoms with van der Waals surface area (Å²) in [6, 6.07) is 4.76. The van der Waals surface area contributed by atoms with E-state index in [1.807, 2.05) is 24.3 Å². The van der Waals surface area contributed by atoms with Crippen LogP contribution in [-0.4, -0.2) is 29.0 Å². The van der Waals surface area contributed by atoms with Gasteiger partial charge < -0.3 is 9.88 Å². The Morgan fingerprint density at radius 3 is 2.74 bits per heavy atom. The van der Waals surface area contributed by atoms with Gasteiger partial charge in [-0.3, -0.25) is 9.69 Å². The number of rotatable bonds is 6. The van der Waals surface area contributed by atoms with Crippen LogP contribution in [0.15, 0.2) is 16.8 Å². The van der Waals surface area contributed by atoms with Crippen LogP contribution < -0.4 is 5.32 Å². The van der Waals surface area contributed by atoms with Gasteiger partial charge in [0.25, 0.3) is 0 Å². The summed E-state index contributed by atoms with van der Waals surface area (Å²) in [6.45, 7) is 5.08. The van der Waals surface area contributed by atoms with Crippen molar-refractivity contribution in [3.63, 3.8) is 0 Å². The molecule has 2 aromatic heterocycles. The summed E-state index contributed by atoms with van der Waals surface area (Å²) in [5.74, 6) is 0.618. The first-order valence-electron chi connectivity index (χ1n) is 9.62. The van der Waals surface area contributed by atoms with Crippen molar-refractivity contribution in [1.29, 1.82) is 5.26 Å². The molecule has 1 amide bonds. The van der Waals surface area contributed by atoms with Crippen molar-refractivity contribution in [1.82, 2.24) is 9.47 Å². The maximum Gasteiger partial charge on any atom is 0.239 e. The van der Waals surface area contributed by atoms with E-state index in [9.17, 15) is 10.1 Å². The fourth-order valence-electron chi connectivity index (χ4n) is 4.05. The van der Waals surface area contributed by atoms with Gasteiger partial charge in [0.15, 0.2) is 0 Å². The number of hydrogen-bond donors (Lipinski definition) is 1. The molecule has 1 saturated carbocycles. The summed E-state index contributed by atoms with van der Waals surface area (Å²) in [6.07, 6.45) is 5.91. The highest BCUT2D eigenvalue weighted by Gasteiger charge is 2.26. The smallest absolute Gasteiger partial charge is 0.239 e. The summed E-state index contributed by atoms with van der Waals surface area (Å²) in [7, 11) is 1.94. The summed E-state index contributed by atoms with van der Waals surface area (Å²) in [5.41, 5.74) is 3.89. The third kappa shape index (κ3) is 4.42. The Bertz CT molecular complexity index is 825. The number of nitrogens with one attached hydrogen (secondary N) is 1. The first-order chi connectivity index (χ1) is 13.0. The molecule has 3 rings (SSSR count). The molecule has 2 aromatic rings. The standard InChI is InChI=1S/C21H28N4OS/c1-15-16(2)25(18-7-5-4-6-8-18)21(19(15)11-22)23-20(26)13-24(3)12-17-9-10-27-14-17/h9-10,14,18H,4-8,12-13H2,1-3H3,(H,23,26). The molecule has 0 radical (unpaired) electrons. The molecule has 5 nitrogen and oxygen atoms in total. The molecule has 1 aliphatic carbocycles. The summed E-state index contributed by atoms with van der Waals surface area (Å²) < 4.78 is 2.21. The summed E-state index contributed by atoms with van der Waals surface area (Å²) in [4.78, 5) is 14.7. The molecule has 0 aromatic carbocycles. The van der Waals surface area contributed by atoms with E-state index in [2.05, 4.69) is 34.3 Å². The van der Waals surface area contributed by atoms with Gasteiger partial charge in [-0.1, -0.05) is 19.3 Å². The van der Waals surface area contributed by atoms with Crippen molar-refractivity contribution in [3.8, 4) is 6.07 Å². The van der Waals surface area contributed by atoms with Gasteiger partial charge in [-0.15, -0.1) is 0 Å². The van der Waals surface area contributed by atoms with Gasteiger partial charge in [0, 0.05) is 18.3 Å². The average Bonchev–Trinajstić information content (AvgIpc) is 3.22. The molecule has 6 heteroatoms. The number of anilines is 1. The molecule has 0 atom stereocenters. The van der Waals surface area contributed by atoms with E-state index in [-0.39, 0.29) is 5.91 Å². The highest BCUT2D eigenvalue weighted by atomic mass is 32.1. The van der Waals surface area contributed by atoms with Crippen LogP contribution in [0.3, 0.4) is 0 Å². The summed E-state index contributed by atoms with van der Waals surface area (Å²) >= 11 is 1.66. The number of nitrogens with zero attached hydrogens (tertiary/aromatic N) is 3. The number of amides is 1. The number of carbonyl (C=O) groups is 1. The Kier molecular flexibility index (Phi) is 6.35. The molecule has 1 fully saturated rings. The van der Waals surface area contributed by atoms with Gasteiger partial charge in [0.05, 0.1) is 12.1 Å². The topological polar surface area (TPSA) is 61.1 Å². The Morgan fingerprint density at radius 1 is 1.37 bits per heavy atom. The minimum Gasteiger partial charge on any atom is -0.327 e. The minimum absolute atomic E-state index is 0.0706. The second kappa shape index (κ2) is 8.73. The summed E-state index contributed by atoms with van der Waals surface area (Å²) in [5, 5.41) is 16.9. The molecule has 144 valence electrons. The monoisotopic (exact) mass is 384 g/mol. The van der Waals surface area contributed by atoms with Crippen molar-refractivity contribution in [2.75, 3.05) is 18.9 Å².